The molecule has 8 aromatic carbocycles. The summed E-state index contributed by atoms with van der Waals surface area (Å²) in [6.07, 6.45) is 21.8. The summed E-state index contributed by atoms with van der Waals surface area (Å²) in [5.74, 6) is 0.338. The van der Waals surface area contributed by atoms with Crippen LogP contribution in [0, 0.1) is 0 Å². The van der Waals surface area contributed by atoms with E-state index in [1.165, 1.54) is 82.9 Å². The van der Waals surface area contributed by atoms with Gasteiger partial charge in [0, 0.05) is 45.0 Å². The highest BCUT2D eigenvalue weighted by atomic mass is 15.2. The highest BCUT2D eigenvalue weighted by Gasteiger charge is 2.20. The molecule has 0 spiro atoms. The van der Waals surface area contributed by atoms with E-state index in [0.717, 1.165) is 43.5 Å². The number of benzene rings is 8. The zero-order chi connectivity index (χ0) is 42.7. The number of hydrogen-bond donors (Lipinski definition) is 0. The van der Waals surface area contributed by atoms with Crippen molar-refractivity contribution in [2.75, 3.05) is 9.80 Å². The van der Waals surface area contributed by atoms with Crippen LogP contribution in [0.1, 0.15) is 49.1 Å². The predicted octanol–water partition coefficient (Wildman–Crippen LogP) is 15.2. The van der Waals surface area contributed by atoms with E-state index in [2.05, 4.69) is 246 Å². The van der Waals surface area contributed by atoms with Gasteiger partial charge < -0.3 is 9.80 Å². The van der Waals surface area contributed by atoms with Crippen LogP contribution >= 0.6 is 0 Å². The van der Waals surface area contributed by atoms with E-state index >= 15 is 0 Å². The average molecular weight is 823 g/mol. The molecule has 308 valence electrons. The Morgan fingerprint density at radius 2 is 1.09 bits per heavy atom. The molecule has 2 nitrogen and oxygen atoms in total. The van der Waals surface area contributed by atoms with Crippen molar-refractivity contribution in [2.45, 2.75) is 38.0 Å². The van der Waals surface area contributed by atoms with Crippen LogP contribution in [-0.2, 0) is 0 Å². The summed E-state index contributed by atoms with van der Waals surface area (Å²) in [4.78, 5) is 4.85. The number of rotatable bonds is 10. The topological polar surface area (TPSA) is 6.48 Å². The second-order valence-electron chi connectivity index (χ2n) is 17.0. The summed E-state index contributed by atoms with van der Waals surface area (Å²) in [7, 11) is 0. The van der Waals surface area contributed by atoms with Crippen molar-refractivity contribution in [3.8, 4) is 22.3 Å². The number of allylic oxidation sites excluding steroid dienone is 7. The standard InChI is InChI=1S/C62H50N2/c1-3-20-55(21-4-1)63(61-26-12-16-51-14-7-9-24-59(51)61)57-40-36-47(37-41-57)45-28-32-49(33-29-45)53-18-11-19-54(44-53)50-34-30-46(31-35-50)48-38-42-58(43-39-48)64(56-22-5-2-6-23-56)62-27-13-17-52-15-8-10-25-60(52)62/h1,3-5,7-12,14-26,28-34,36-44,50H,2,6,13,27,35H2. The molecule has 0 amide bonds. The Balaban J connectivity index is 0.792. The number of hydrogen-bond acceptors (Lipinski definition) is 2. The number of fused-ring (bicyclic) bond motifs is 2. The molecular formula is C62H50N2. The Morgan fingerprint density at radius 1 is 0.438 bits per heavy atom. The molecule has 0 aromatic heterocycles. The smallest absolute Gasteiger partial charge is 0.0540 e. The first-order chi connectivity index (χ1) is 31.7. The van der Waals surface area contributed by atoms with E-state index in [9.17, 15) is 0 Å². The highest BCUT2D eigenvalue weighted by Crippen LogP contribution is 2.40. The monoisotopic (exact) mass is 822 g/mol. The van der Waals surface area contributed by atoms with E-state index in [-0.39, 0.29) is 0 Å². The third-order valence-electron chi connectivity index (χ3n) is 13.1. The van der Waals surface area contributed by atoms with Crippen LogP contribution in [0.3, 0.4) is 0 Å². The Hall–Kier alpha value is -7.68. The molecule has 1 atom stereocenters. The molecule has 0 saturated heterocycles. The fourth-order valence-corrected chi connectivity index (χ4v) is 9.79. The van der Waals surface area contributed by atoms with Gasteiger partial charge in [-0.15, -0.1) is 0 Å². The van der Waals surface area contributed by atoms with Gasteiger partial charge in [-0.25, -0.2) is 0 Å². The Labute approximate surface area is 377 Å². The van der Waals surface area contributed by atoms with E-state index in [4.69, 9.17) is 0 Å². The molecule has 0 N–H and O–H groups in total. The van der Waals surface area contributed by atoms with Crippen LogP contribution in [0.2, 0.25) is 0 Å². The molecule has 8 aromatic rings. The Morgan fingerprint density at radius 3 is 1.86 bits per heavy atom. The van der Waals surface area contributed by atoms with Crippen LogP contribution in [0.4, 0.5) is 22.7 Å². The van der Waals surface area contributed by atoms with Crippen molar-refractivity contribution in [3.63, 3.8) is 0 Å². The zero-order valence-electron chi connectivity index (χ0n) is 36.0. The Bertz CT molecular complexity index is 3220. The number of para-hydroxylation sites is 1. The van der Waals surface area contributed by atoms with E-state index in [1.807, 2.05) is 0 Å². The molecule has 3 aliphatic carbocycles. The first-order valence-corrected chi connectivity index (χ1v) is 22.8. The van der Waals surface area contributed by atoms with Crippen LogP contribution in [0.25, 0.3) is 50.4 Å². The minimum Gasteiger partial charge on any atom is -0.314 e. The SMILES string of the molecule is C1=CC(N(C2=c3ccccc3=CCC2)c2ccc(C3=CCC(c4cccc(-c5ccc(-c6ccc(N(c7ccccc7)c7cccc8ccccc78)cc6)cc5)c4)C=C3)cc2)=CCC1. The van der Waals surface area contributed by atoms with Gasteiger partial charge in [0.2, 0.25) is 0 Å². The summed E-state index contributed by atoms with van der Waals surface area (Å²) in [6.45, 7) is 0. The molecule has 3 aliphatic rings. The fraction of sp³-hybridized carbons (Fsp3) is 0.0968. The summed E-state index contributed by atoms with van der Waals surface area (Å²) < 4.78 is 0. The third-order valence-corrected chi connectivity index (χ3v) is 13.1. The molecule has 11 rings (SSSR count). The fourth-order valence-electron chi connectivity index (χ4n) is 9.79. The maximum Gasteiger partial charge on any atom is 0.0540 e. The summed E-state index contributed by atoms with van der Waals surface area (Å²) in [6, 6.07) is 71.0. The minimum absolute atomic E-state index is 0.338. The largest absolute Gasteiger partial charge is 0.314 e. The second-order valence-corrected chi connectivity index (χ2v) is 17.0. The van der Waals surface area contributed by atoms with Crippen molar-refractivity contribution in [1.29, 1.82) is 0 Å². The lowest BCUT2D eigenvalue weighted by atomic mass is 9.87. The molecule has 1 unspecified atom stereocenters. The van der Waals surface area contributed by atoms with Crippen LogP contribution < -0.4 is 20.2 Å². The van der Waals surface area contributed by atoms with Gasteiger partial charge in [0.15, 0.2) is 0 Å². The van der Waals surface area contributed by atoms with Gasteiger partial charge in [0.25, 0.3) is 0 Å². The first kappa shape index (κ1) is 39.2. The van der Waals surface area contributed by atoms with Crippen molar-refractivity contribution in [2.24, 2.45) is 0 Å². The molecule has 0 heterocycles. The lowest BCUT2D eigenvalue weighted by Crippen LogP contribution is -2.36. The maximum atomic E-state index is 2.50. The highest BCUT2D eigenvalue weighted by molar-refractivity contribution is 5.99. The van der Waals surface area contributed by atoms with Crippen LogP contribution in [0.5, 0.6) is 0 Å². The van der Waals surface area contributed by atoms with Gasteiger partial charge in [-0.1, -0.05) is 188 Å². The van der Waals surface area contributed by atoms with Crippen molar-refractivity contribution in [1.82, 2.24) is 0 Å². The van der Waals surface area contributed by atoms with E-state index in [0.29, 0.717) is 5.92 Å². The number of anilines is 4. The zero-order valence-corrected chi connectivity index (χ0v) is 36.0. The molecular weight excluding hydrogens is 773 g/mol. The lowest BCUT2D eigenvalue weighted by molar-refractivity contribution is 0.857. The van der Waals surface area contributed by atoms with Gasteiger partial charge in [-0.3, -0.25) is 0 Å². The minimum atomic E-state index is 0.338. The molecule has 0 aliphatic heterocycles. The van der Waals surface area contributed by atoms with Gasteiger partial charge in [-0.2, -0.15) is 0 Å². The van der Waals surface area contributed by atoms with Gasteiger partial charge >= 0.3 is 0 Å². The first-order valence-electron chi connectivity index (χ1n) is 22.8. The molecule has 0 saturated carbocycles. The molecule has 0 fully saturated rings. The molecule has 2 heteroatoms. The van der Waals surface area contributed by atoms with Crippen molar-refractivity contribution < 1.29 is 0 Å². The van der Waals surface area contributed by atoms with Gasteiger partial charge in [0.05, 0.1) is 5.69 Å². The van der Waals surface area contributed by atoms with E-state index < -0.39 is 0 Å². The third kappa shape index (κ3) is 7.84. The summed E-state index contributed by atoms with van der Waals surface area (Å²) >= 11 is 0. The molecule has 0 bridgehead atoms. The lowest BCUT2D eigenvalue weighted by Gasteiger charge is -2.31. The number of nitrogens with zero attached hydrogens (tertiary/aromatic N) is 2. The quantitative estimate of drug-likeness (QED) is 0.136. The van der Waals surface area contributed by atoms with Crippen LogP contribution in [0.15, 0.2) is 236 Å². The molecule has 0 radical (unpaired) electrons. The Kier molecular flexibility index (Phi) is 10.8. The van der Waals surface area contributed by atoms with Crippen molar-refractivity contribution >= 4 is 50.9 Å². The molecule has 64 heavy (non-hydrogen) atoms. The maximum absolute atomic E-state index is 2.50. The van der Waals surface area contributed by atoms with E-state index in [1.54, 1.807) is 0 Å². The van der Waals surface area contributed by atoms with Crippen LogP contribution in [-0.4, -0.2) is 0 Å². The summed E-state index contributed by atoms with van der Waals surface area (Å²) in [5.41, 5.74) is 16.1. The normalized spacial score (nSPS) is 15.5. The predicted molar refractivity (Wildman–Crippen MR) is 272 cm³/mol. The van der Waals surface area contributed by atoms with Gasteiger partial charge in [-0.05, 0) is 130 Å². The van der Waals surface area contributed by atoms with Gasteiger partial charge in [0.1, 0.15) is 0 Å². The average Bonchev–Trinajstić information content (AvgIpc) is 3.38. The second kappa shape index (κ2) is 17.6. The summed E-state index contributed by atoms with van der Waals surface area (Å²) in [5, 5.41) is 5.14. The van der Waals surface area contributed by atoms with Crippen molar-refractivity contribution in [3.05, 3.63) is 258 Å².